The minimum absolute atomic E-state index is 0.0904. The van der Waals surface area contributed by atoms with Crippen LogP contribution >= 0.6 is 11.3 Å². The second-order valence-corrected chi connectivity index (χ2v) is 12.4. The highest BCUT2D eigenvalue weighted by Gasteiger charge is 2.29. The zero-order chi connectivity index (χ0) is 28.4. The normalized spacial score (nSPS) is 16.4. The van der Waals surface area contributed by atoms with E-state index in [-0.39, 0.29) is 27.2 Å². The number of rotatable bonds is 7. The van der Waals surface area contributed by atoms with Gasteiger partial charge in [0.1, 0.15) is 5.82 Å². The zero-order valence-corrected chi connectivity index (χ0v) is 22.9. The first-order valence-electron chi connectivity index (χ1n) is 12.4. The Morgan fingerprint density at radius 1 is 1.18 bits per heavy atom. The summed E-state index contributed by atoms with van der Waals surface area (Å²) in [5, 5.41) is 16.5. The van der Waals surface area contributed by atoms with Gasteiger partial charge in [-0.2, -0.15) is 14.4 Å². The Hall–Kier alpha value is -4.07. The summed E-state index contributed by atoms with van der Waals surface area (Å²) in [6.07, 6.45) is 3.13. The quantitative estimate of drug-likeness (QED) is 0.162. The number of halogens is 1. The summed E-state index contributed by atoms with van der Waals surface area (Å²) in [5.74, 6) is -0.767. The molecule has 2 heterocycles. The van der Waals surface area contributed by atoms with E-state index in [0.29, 0.717) is 28.9 Å². The fraction of sp³-hybridized carbons (Fsp3) is 0.222. The number of piperidine rings is 1. The maximum absolute atomic E-state index is 13.8. The Kier molecular flexibility index (Phi) is 7.70. The van der Waals surface area contributed by atoms with Gasteiger partial charge in [0.25, 0.3) is 11.6 Å². The number of benzene rings is 3. The SMILES string of the molecule is CC1CCCN(S(=O)(=O)c2ccc(C(=O)N(/N=C/c3ccc([N+](=O)[O-])cc3)c3nc4ccc(F)cc4s3)cc2)C1. The van der Waals surface area contributed by atoms with Crippen molar-refractivity contribution in [2.75, 3.05) is 18.1 Å². The number of carbonyl (C=O) groups is 1. The summed E-state index contributed by atoms with van der Waals surface area (Å²) in [5.41, 5.74) is 1.04. The Morgan fingerprint density at radius 3 is 2.58 bits per heavy atom. The van der Waals surface area contributed by atoms with Crippen LogP contribution in [0.25, 0.3) is 10.2 Å². The predicted octanol–water partition coefficient (Wildman–Crippen LogP) is 5.45. The van der Waals surface area contributed by atoms with Crippen molar-refractivity contribution in [2.24, 2.45) is 11.0 Å². The first-order chi connectivity index (χ1) is 19.1. The van der Waals surface area contributed by atoms with Gasteiger partial charge in [-0.05, 0) is 78.9 Å². The molecule has 1 fully saturated rings. The van der Waals surface area contributed by atoms with Crippen molar-refractivity contribution in [1.29, 1.82) is 0 Å². The monoisotopic (exact) mass is 581 g/mol. The number of hydrogen-bond donors (Lipinski definition) is 0. The van der Waals surface area contributed by atoms with Gasteiger partial charge in [0.15, 0.2) is 0 Å². The van der Waals surface area contributed by atoms with E-state index >= 15 is 0 Å². The fourth-order valence-electron chi connectivity index (χ4n) is 4.38. The first-order valence-corrected chi connectivity index (χ1v) is 14.7. The maximum atomic E-state index is 13.8. The number of nitrogens with zero attached hydrogens (tertiary/aromatic N) is 5. The molecule has 40 heavy (non-hydrogen) atoms. The van der Waals surface area contributed by atoms with E-state index in [1.165, 1.54) is 77.2 Å². The molecule has 5 rings (SSSR count). The van der Waals surface area contributed by atoms with Gasteiger partial charge in [-0.3, -0.25) is 14.9 Å². The molecule has 0 bridgehead atoms. The van der Waals surface area contributed by atoms with Crippen LogP contribution in [0.1, 0.15) is 35.7 Å². The molecule has 10 nitrogen and oxygen atoms in total. The number of nitro groups is 1. The lowest BCUT2D eigenvalue weighted by atomic mass is 10.0. The first kappa shape index (κ1) is 27.5. The van der Waals surface area contributed by atoms with Crippen LogP contribution in [0.4, 0.5) is 15.2 Å². The van der Waals surface area contributed by atoms with Gasteiger partial charge in [0, 0.05) is 30.8 Å². The maximum Gasteiger partial charge on any atom is 0.280 e. The number of fused-ring (bicyclic) bond motifs is 1. The summed E-state index contributed by atoms with van der Waals surface area (Å²) in [7, 11) is -3.70. The Labute approximate surface area is 233 Å². The lowest BCUT2D eigenvalue weighted by Gasteiger charge is -2.30. The van der Waals surface area contributed by atoms with Crippen LogP contribution in [-0.4, -0.2) is 47.8 Å². The molecule has 1 unspecified atom stereocenters. The lowest BCUT2D eigenvalue weighted by Crippen LogP contribution is -2.39. The number of amides is 1. The average molecular weight is 582 g/mol. The molecule has 0 N–H and O–H groups in total. The highest BCUT2D eigenvalue weighted by atomic mass is 32.2. The number of hydrogen-bond acceptors (Lipinski definition) is 8. The van der Waals surface area contributed by atoms with E-state index in [2.05, 4.69) is 10.1 Å². The Bertz CT molecular complexity index is 1710. The minimum Gasteiger partial charge on any atom is -0.267 e. The van der Waals surface area contributed by atoms with E-state index in [9.17, 15) is 27.7 Å². The smallest absolute Gasteiger partial charge is 0.267 e. The highest BCUT2D eigenvalue weighted by molar-refractivity contribution is 7.89. The molecular weight excluding hydrogens is 557 g/mol. The number of hydrazone groups is 1. The number of sulfonamides is 1. The summed E-state index contributed by atoms with van der Waals surface area (Å²) in [6.45, 7) is 2.93. The van der Waals surface area contributed by atoms with Gasteiger partial charge in [0.2, 0.25) is 15.2 Å². The van der Waals surface area contributed by atoms with Crippen LogP contribution in [-0.2, 0) is 10.0 Å². The van der Waals surface area contributed by atoms with Crippen molar-refractivity contribution >= 4 is 54.5 Å². The van der Waals surface area contributed by atoms with Gasteiger partial charge in [-0.1, -0.05) is 18.3 Å². The van der Waals surface area contributed by atoms with Crippen LogP contribution < -0.4 is 5.01 Å². The molecule has 1 saturated heterocycles. The molecule has 13 heteroatoms. The van der Waals surface area contributed by atoms with Gasteiger partial charge in [0.05, 0.1) is 26.3 Å². The van der Waals surface area contributed by atoms with Crippen LogP contribution in [0.2, 0.25) is 0 Å². The van der Waals surface area contributed by atoms with Crippen molar-refractivity contribution in [3.05, 3.63) is 93.8 Å². The van der Waals surface area contributed by atoms with Crippen LogP contribution in [0, 0.1) is 21.8 Å². The number of aromatic nitrogens is 1. The zero-order valence-electron chi connectivity index (χ0n) is 21.3. The highest BCUT2D eigenvalue weighted by Crippen LogP contribution is 2.31. The van der Waals surface area contributed by atoms with Gasteiger partial charge in [-0.25, -0.2) is 17.8 Å². The molecule has 0 aliphatic carbocycles. The molecule has 1 amide bonds. The molecule has 1 aromatic heterocycles. The summed E-state index contributed by atoms with van der Waals surface area (Å²) < 4.78 is 42.1. The fourth-order valence-corrected chi connectivity index (χ4v) is 6.92. The average Bonchev–Trinajstić information content (AvgIpc) is 3.36. The van der Waals surface area contributed by atoms with Crippen molar-refractivity contribution in [2.45, 2.75) is 24.7 Å². The molecule has 3 aromatic carbocycles. The Morgan fingerprint density at radius 2 is 1.90 bits per heavy atom. The summed E-state index contributed by atoms with van der Waals surface area (Å²) in [6, 6.07) is 15.3. The van der Waals surface area contributed by atoms with E-state index in [0.717, 1.165) is 29.2 Å². The number of thiazole rings is 1. The standard InChI is InChI=1S/C27H24FN5O5S2/c1-18-3-2-14-31(17-18)40(37,38)23-11-6-20(7-12-23)26(34)32(27-30-24-13-8-21(28)15-25(24)39-27)29-16-19-4-9-22(10-5-19)33(35)36/h4-13,15-16,18H,2-3,14,17H2,1H3/b29-16+. The number of carbonyl (C=O) groups excluding carboxylic acids is 1. The third-order valence-electron chi connectivity index (χ3n) is 6.50. The predicted molar refractivity (Wildman–Crippen MR) is 151 cm³/mol. The third kappa shape index (κ3) is 5.76. The van der Waals surface area contributed by atoms with E-state index in [1.54, 1.807) is 0 Å². The van der Waals surface area contributed by atoms with Crippen molar-refractivity contribution in [1.82, 2.24) is 9.29 Å². The van der Waals surface area contributed by atoms with Crippen molar-refractivity contribution < 1.29 is 22.5 Å². The molecule has 1 atom stereocenters. The molecule has 0 saturated carbocycles. The second-order valence-electron chi connectivity index (χ2n) is 9.45. The van der Waals surface area contributed by atoms with E-state index < -0.39 is 26.7 Å². The van der Waals surface area contributed by atoms with E-state index in [1.807, 2.05) is 6.92 Å². The Balaban J connectivity index is 1.46. The molecule has 1 aliphatic heterocycles. The molecule has 1 aliphatic rings. The van der Waals surface area contributed by atoms with Gasteiger partial charge >= 0.3 is 0 Å². The molecule has 4 aromatic rings. The number of non-ortho nitro benzene ring substituents is 1. The van der Waals surface area contributed by atoms with Crippen molar-refractivity contribution in [3.8, 4) is 0 Å². The number of nitro benzene ring substituents is 1. The molecule has 206 valence electrons. The van der Waals surface area contributed by atoms with Crippen LogP contribution in [0.15, 0.2) is 76.7 Å². The number of anilines is 1. The van der Waals surface area contributed by atoms with Gasteiger partial charge in [-0.15, -0.1) is 0 Å². The van der Waals surface area contributed by atoms with Crippen molar-refractivity contribution in [3.63, 3.8) is 0 Å². The summed E-state index contributed by atoms with van der Waals surface area (Å²) >= 11 is 1.06. The van der Waals surface area contributed by atoms with Crippen LogP contribution in [0.3, 0.4) is 0 Å². The van der Waals surface area contributed by atoms with Gasteiger partial charge < -0.3 is 0 Å². The largest absolute Gasteiger partial charge is 0.280 e. The minimum atomic E-state index is -3.70. The third-order valence-corrected chi connectivity index (χ3v) is 9.37. The topological polar surface area (TPSA) is 126 Å². The summed E-state index contributed by atoms with van der Waals surface area (Å²) in [4.78, 5) is 28.6. The molecular formula is C27H24FN5O5S2. The molecule has 0 spiro atoms. The second kappa shape index (κ2) is 11.2. The molecule has 0 radical (unpaired) electrons. The van der Waals surface area contributed by atoms with Crippen LogP contribution in [0.5, 0.6) is 0 Å². The van der Waals surface area contributed by atoms with E-state index in [4.69, 9.17) is 0 Å². The lowest BCUT2D eigenvalue weighted by molar-refractivity contribution is -0.384.